The van der Waals surface area contributed by atoms with Crippen molar-refractivity contribution in [3.63, 3.8) is 0 Å². The van der Waals surface area contributed by atoms with Gasteiger partial charge in [0.15, 0.2) is 0 Å². The number of anilines is 1. The normalized spacial score (nSPS) is 10.2. The minimum Gasteiger partial charge on any atom is -0.457 e. The van der Waals surface area contributed by atoms with E-state index in [-0.39, 0.29) is 5.91 Å². The highest BCUT2D eigenvalue weighted by Crippen LogP contribution is 2.23. The Balaban J connectivity index is 1.69. The van der Waals surface area contributed by atoms with Crippen LogP contribution in [0, 0.1) is 0 Å². The molecule has 0 radical (unpaired) electrons. The number of nitrogens with one attached hydrogen (secondary N) is 1. The number of pyridine rings is 1. The van der Waals surface area contributed by atoms with E-state index in [1.807, 2.05) is 60.9 Å². The molecular weight excluding hydrogens is 320 g/mol. The van der Waals surface area contributed by atoms with Gasteiger partial charge in [-0.2, -0.15) is 0 Å². The van der Waals surface area contributed by atoms with Crippen LogP contribution in [0.25, 0.3) is 0 Å². The first-order valence-corrected chi connectivity index (χ1v) is 8.62. The molecule has 0 unspecified atom stereocenters. The Morgan fingerprint density at radius 3 is 2.38 bits per heavy atom. The van der Waals surface area contributed by atoms with Crippen LogP contribution in [0.15, 0.2) is 78.0 Å². The van der Waals surface area contributed by atoms with Crippen molar-refractivity contribution in [2.75, 3.05) is 11.6 Å². The summed E-state index contributed by atoms with van der Waals surface area (Å²) in [7, 11) is 0. The summed E-state index contributed by atoms with van der Waals surface area (Å²) in [6, 6.07) is 20.3. The van der Waals surface area contributed by atoms with Crippen LogP contribution < -0.4 is 10.1 Å². The Bertz CT molecular complexity index is 820. The summed E-state index contributed by atoms with van der Waals surface area (Å²) in [4.78, 5) is 16.6. The lowest BCUT2D eigenvalue weighted by atomic mass is 10.2. The van der Waals surface area contributed by atoms with Crippen molar-refractivity contribution >= 4 is 23.4 Å². The van der Waals surface area contributed by atoms with Gasteiger partial charge in [0.1, 0.15) is 16.5 Å². The van der Waals surface area contributed by atoms with E-state index in [2.05, 4.69) is 10.3 Å². The second-order valence-corrected chi connectivity index (χ2v) is 5.75. The van der Waals surface area contributed by atoms with Gasteiger partial charge in [0.2, 0.25) is 0 Å². The number of aromatic nitrogens is 1. The third-order valence-electron chi connectivity index (χ3n) is 3.30. The van der Waals surface area contributed by atoms with E-state index in [0.29, 0.717) is 22.0 Å². The predicted octanol–water partition coefficient (Wildman–Crippen LogP) is 4.85. The number of hydrogen-bond acceptors (Lipinski definition) is 4. The summed E-state index contributed by atoms with van der Waals surface area (Å²) >= 11 is 1.45. The fraction of sp³-hybridized carbons (Fsp3) is 0.0526. The number of carbonyl (C=O) groups excluding carboxylic acids is 1. The average Bonchev–Trinajstić information content (AvgIpc) is 2.64. The minimum absolute atomic E-state index is 0.177. The van der Waals surface area contributed by atoms with E-state index in [9.17, 15) is 4.79 Å². The molecule has 24 heavy (non-hydrogen) atoms. The van der Waals surface area contributed by atoms with Gasteiger partial charge >= 0.3 is 0 Å². The quantitative estimate of drug-likeness (QED) is 0.677. The van der Waals surface area contributed by atoms with Crippen LogP contribution >= 0.6 is 11.8 Å². The zero-order chi connectivity index (χ0) is 16.8. The van der Waals surface area contributed by atoms with E-state index in [1.54, 1.807) is 18.3 Å². The molecule has 0 spiro atoms. The molecule has 0 fully saturated rings. The van der Waals surface area contributed by atoms with Gasteiger partial charge in [-0.05, 0) is 54.8 Å². The summed E-state index contributed by atoms with van der Waals surface area (Å²) in [5, 5.41) is 3.58. The van der Waals surface area contributed by atoms with E-state index in [1.165, 1.54) is 11.8 Å². The molecule has 1 aromatic heterocycles. The molecule has 2 aromatic carbocycles. The lowest BCUT2D eigenvalue weighted by Gasteiger charge is -2.09. The molecule has 0 saturated carbocycles. The van der Waals surface area contributed by atoms with Gasteiger partial charge in [-0.15, -0.1) is 11.8 Å². The SMILES string of the molecule is CSc1ncccc1C(=O)Nc1ccc(Oc2ccccc2)cc1. The highest BCUT2D eigenvalue weighted by molar-refractivity contribution is 7.98. The highest BCUT2D eigenvalue weighted by atomic mass is 32.2. The second-order valence-electron chi connectivity index (χ2n) is 4.95. The third kappa shape index (κ3) is 3.94. The molecule has 0 bridgehead atoms. The topological polar surface area (TPSA) is 51.2 Å². The molecule has 0 aliphatic rings. The van der Waals surface area contributed by atoms with Gasteiger partial charge in [0.25, 0.3) is 5.91 Å². The number of hydrogen-bond donors (Lipinski definition) is 1. The number of thioether (sulfide) groups is 1. The van der Waals surface area contributed by atoms with E-state index < -0.39 is 0 Å². The minimum atomic E-state index is -0.177. The first-order chi connectivity index (χ1) is 11.8. The molecular formula is C19H16N2O2S. The van der Waals surface area contributed by atoms with Gasteiger partial charge < -0.3 is 10.1 Å². The summed E-state index contributed by atoms with van der Waals surface area (Å²) in [5.41, 5.74) is 1.27. The maximum atomic E-state index is 12.4. The number of carbonyl (C=O) groups is 1. The fourth-order valence-corrected chi connectivity index (χ4v) is 2.70. The highest BCUT2D eigenvalue weighted by Gasteiger charge is 2.11. The molecule has 0 aliphatic carbocycles. The van der Waals surface area contributed by atoms with E-state index in [0.717, 1.165) is 5.75 Å². The molecule has 0 saturated heterocycles. The summed E-state index contributed by atoms with van der Waals surface area (Å²) in [6.07, 6.45) is 3.58. The van der Waals surface area contributed by atoms with E-state index >= 15 is 0 Å². The molecule has 0 aliphatic heterocycles. The summed E-state index contributed by atoms with van der Waals surface area (Å²) < 4.78 is 5.73. The van der Waals surface area contributed by atoms with Crippen molar-refractivity contribution in [3.8, 4) is 11.5 Å². The molecule has 3 aromatic rings. The van der Waals surface area contributed by atoms with Crippen molar-refractivity contribution in [1.82, 2.24) is 4.98 Å². The maximum Gasteiger partial charge on any atom is 0.258 e. The lowest BCUT2D eigenvalue weighted by Crippen LogP contribution is -2.13. The fourth-order valence-electron chi connectivity index (χ4n) is 2.16. The van der Waals surface area contributed by atoms with Gasteiger partial charge in [0.05, 0.1) is 5.56 Å². The predicted molar refractivity (Wildman–Crippen MR) is 96.9 cm³/mol. The Labute approximate surface area is 144 Å². The van der Waals surface area contributed by atoms with Gasteiger partial charge in [-0.3, -0.25) is 4.79 Å². The van der Waals surface area contributed by atoms with Crippen LogP contribution in [0.2, 0.25) is 0 Å². The van der Waals surface area contributed by atoms with Crippen molar-refractivity contribution in [3.05, 3.63) is 78.5 Å². The number of benzene rings is 2. The Hall–Kier alpha value is -2.79. The lowest BCUT2D eigenvalue weighted by molar-refractivity contribution is 0.102. The number of ether oxygens (including phenoxy) is 1. The number of nitrogens with zero attached hydrogens (tertiary/aromatic N) is 1. The van der Waals surface area contributed by atoms with Gasteiger partial charge in [-0.25, -0.2) is 4.98 Å². The van der Waals surface area contributed by atoms with Crippen LogP contribution in [-0.4, -0.2) is 17.1 Å². The second kappa shape index (κ2) is 7.66. The number of rotatable bonds is 5. The average molecular weight is 336 g/mol. The number of amides is 1. The molecule has 0 atom stereocenters. The van der Waals surface area contributed by atoms with Gasteiger partial charge in [-0.1, -0.05) is 18.2 Å². The summed E-state index contributed by atoms with van der Waals surface area (Å²) in [5.74, 6) is 1.31. The largest absolute Gasteiger partial charge is 0.457 e. The molecule has 4 nitrogen and oxygen atoms in total. The number of para-hydroxylation sites is 1. The summed E-state index contributed by atoms with van der Waals surface area (Å²) in [6.45, 7) is 0. The third-order valence-corrected chi connectivity index (χ3v) is 4.01. The first-order valence-electron chi connectivity index (χ1n) is 7.39. The van der Waals surface area contributed by atoms with Crippen LogP contribution in [0.3, 0.4) is 0 Å². The molecule has 5 heteroatoms. The zero-order valence-electron chi connectivity index (χ0n) is 13.1. The van der Waals surface area contributed by atoms with Gasteiger partial charge in [0, 0.05) is 11.9 Å². The van der Waals surface area contributed by atoms with Crippen molar-refractivity contribution in [1.29, 1.82) is 0 Å². The standard InChI is InChI=1S/C19H16N2O2S/c1-24-19-17(8-5-13-20-19)18(22)21-14-9-11-16(12-10-14)23-15-6-3-2-4-7-15/h2-13H,1H3,(H,21,22). The Kier molecular flexibility index (Phi) is 5.13. The van der Waals surface area contributed by atoms with Crippen LogP contribution in [0.1, 0.15) is 10.4 Å². The maximum absolute atomic E-state index is 12.4. The van der Waals surface area contributed by atoms with Crippen LogP contribution in [0.4, 0.5) is 5.69 Å². The van der Waals surface area contributed by atoms with Crippen molar-refractivity contribution in [2.24, 2.45) is 0 Å². The van der Waals surface area contributed by atoms with Crippen LogP contribution in [-0.2, 0) is 0 Å². The first kappa shape index (κ1) is 16.1. The molecule has 120 valence electrons. The molecule has 1 amide bonds. The molecule has 1 N–H and O–H groups in total. The van der Waals surface area contributed by atoms with Crippen molar-refractivity contribution in [2.45, 2.75) is 5.03 Å². The van der Waals surface area contributed by atoms with Crippen molar-refractivity contribution < 1.29 is 9.53 Å². The van der Waals surface area contributed by atoms with E-state index in [4.69, 9.17) is 4.74 Å². The Morgan fingerprint density at radius 2 is 1.67 bits per heavy atom. The molecule has 3 rings (SSSR count). The monoisotopic (exact) mass is 336 g/mol. The Morgan fingerprint density at radius 1 is 0.958 bits per heavy atom. The smallest absolute Gasteiger partial charge is 0.258 e. The van der Waals surface area contributed by atoms with Crippen LogP contribution in [0.5, 0.6) is 11.5 Å². The zero-order valence-corrected chi connectivity index (χ0v) is 13.9. The molecule has 1 heterocycles.